The first-order valence-corrected chi connectivity index (χ1v) is 7.11. The van der Waals surface area contributed by atoms with E-state index in [9.17, 15) is 5.11 Å². The monoisotopic (exact) mass is 373 g/mol. The van der Waals surface area contributed by atoms with Crippen LogP contribution in [0.4, 0.5) is 5.69 Å². The molecule has 0 amide bonds. The molecule has 6 heteroatoms. The van der Waals surface area contributed by atoms with E-state index in [1.165, 1.54) is 13.3 Å². The molecule has 0 atom stereocenters. The second-order valence-corrected chi connectivity index (χ2v) is 5.72. The Kier molecular flexibility index (Phi) is 4.91. The van der Waals surface area contributed by atoms with E-state index >= 15 is 0 Å². The van der Waals surface area contributed by atoms with Crippen molar-refractivity contribution in [2.24, 2.45) is 4.99 Å². The summed E-state index contributed by atoms with van der Waals surface area (Å²) in [6.45, 7) is 0. The average Bonchev–Trinajstić information content (AvgIpc) is 2.38. The molecule has 104 valence electrons. The molecule has 0 heterocycles. The van der Waals surface area contributed by atoms with Gasteiger partial charge in [0.15, 0.2) is 11.5 Å². The van der Waals surface area contributed by atoms with E-state index in [2.05, 4.69) is 20.9 Å². The quantitative estimate of drug-likeness (QED) is 0.748. The molecule has 0 aliphatic heterocycles. The van der Waals surface area contributed by atoms with Gasteiger partial charge in [0.2, 0.25) is 0 Å². The molecule has 0 aromatic heterocycles. The Labute approximate surface area is 134 Å². The van der Waals surface area contributed by atoms with Gasteiger partial charge in [-0.3, -0.25) is 4.99 Å². The molecule has 0 spiro atoms. The standard InChI is InChI=1S/C14H10BrCl2NO2/c1-20-13-3-9(15)2-8(14(13)19)7-18-12-5-10(16)4-11(17)6-12/h2-7,19H,1H3. The molecule has 0 saturated heterocycles. The summed E-state index contributed by atoms with van der Waals surface area (Å²) in [7, 11) is 1.49. The maximum Gasteiger partial charge on any atom is 0.166 e. The molecular formula is C14H10BrCl2NO2. The molecule has 0 aliphatic rings. The molecule has 0 radical (unpaired) electrons. The van der Waals surface area contributed by atoms with Gasteiger partial charge in [-0.05, 0) is 30.3 Å². The highest BCUT2D eigenvalue weighted by Gasteiger charge is 2.08. The number of hydrogen-bond donors (Lipinski definition) is 1. The number of phenolic OH excluding ortho intramolecular Hbond substituents is 1. The lowest BCUT2D eigenvalue weighted by Crippen LogP contribution is -1.89. The van der Waals surface area contributed by atoms with Gasteiger partial charge in [0, 0.05) is 26.3 Å². The highest BCUT2D eigenvalue weighted by atomic mass is 79.9. The third kappa shape index (κ3) is 3.66. The molecule has 0 unspecified atom stereocenters. The predicted octanol–water partition coefficient (Wildman–Crippen LogP) is 5.22. The Morgan fingerprint density at radius 2 is 1.80 bits per heavy atom. The van der Waals surface area contributed by atoms with Gasteiger partial charge in [0.1, 0.15) is 0 Å². The minimum Gasteiger partial charge on any atom is -0.504 e. The number of aromatic hydroxyl groups is 1. The van der Waals surface area contributed by atoms with Crippen molar-refractivity contribution in [3.05, 3.63) is 50.4 Å². The normalized spacial score (nSPS) is 11.0. The summed E-state index contributed by atoms with van der Waals surface area (Å²) in [5.41, 5.74) is 1.12. The topological polar surface area (TPSA) is 41.8 Å². The van der Waals surface area contributed by atoms with Crippen LogP contribution in [0.5, 0.6) is 11.5 Å². The van der Waals surface area contributed by atoms with E-state index in [-0.39, 0.29) is 5.75 Å². The molecule has 2 rings (SSSR count). The van der Waals surface area contributed by atoms with Gasteiger partial charge in [0.05, 0.1) is 12.8 Å². The number of nitrogens with zero attached hydrogens (tertiary/aromatic N) is 1. The highest BCUT2D eigenvalue weighted by Crippen LogP contribution is 2.33. The summed E-state index contributed by atoms with van der Waals surface area (Å²) >= 11 is 15.1. The Bertz CT molecular complexity index is 654. The van der Waals surface area contributed by atoms with Crippen LogP contribution in [0.15, 0.2) is 39.8 Å². The predicted molar refractivity (Wildman–Crippen MR) is 86.1 cm³/mol. The number of phenols is 1. The Hall–Kier alpha value is -1.23. The summed E-state index contributed by atoms with van der Waals surface area (Å²) < 4.78 is 5.85. The smallest absolute Gasteiger partial charge is 0.166 e. The van der Waals surface area contributed by atoms with E-state index in [4.69, 9.17) is 27.9 Å². The van der Waals surface area contributed by atoms with E-state index in [1.54, 1.807) is 30.3 Å². The maximum absolute atomic E-state index is 10.0. The molecule has 1 N–H and O–H groups in total. The van der Waals surface area contributed by atoms with Crippen molar-refractivity contribution < 1.29 is 9.84 Å². The van der Waals surface area contributed by atoms with Gasteiger partial charge in [-0.15, -0.1) is 0 Å². The third-order valence-corrected chi connectivity index (χ3v) is 3.38. The fourth-order valence-corrected chi connectivity index (χ4v) is 2.58. The van der Waals surface area contributed by atoms with Crippen LogP contribution in [0, 0.1) is 0 Å². The van der Waals surface area contributed by atoms with Crippen LogP contribution >= 0.6 is 39.1 Å². The van der Waals surface area contributed by atoms with Gasteiger partial charge in [-0.2, -0.15) is 0 Å². The van der Waals surface area contributed by atoms with Gasteiger partial charge >= 0.3 is 0 Å². The second-order valence-electron chi connectivity index (χ2n) is 3.93. The van der Waals surface area contributed by atoms with Crippen LogP contribution in [-0.2, 0) is 0 Å². The lowest BCUT2D eigenvalue weighted by molar-refractivity contribution is 0.373. The Balaban J connectivity index is 2.38. The number of ether oxygens (including phenoxy) is 1. The van der Waals surface area contributed by atoms with Crippen LogP contribution in [0.1, 0.15) is 5.56 Å². The number of rotatable bonds is 3. The average molecular weight is 375 g/mol. The first-order valence-electron chi connectivity index (χ1n) is 5.56. The van der Waals surface area contributed by atoms with Gasteiger partial charge < -0.3 is 9.84 Å². The van der Waals surface area contributed by atoms with Gasteiger partial charge in [-0.1, -0.05) is 39.1 Å². The fraction of sp³-hybridized carbons (Fsp3) is 0.0714. The van der Waals surface area contributed by atoms with Crippen molar-refractivity contribution >= 4 is 51.0 Å². The number of methoxy groups -OCH3 is 1. The molecular weight excluding hydrogens is 365 g/mol. The van der Waals surface area contributed by atoms with Crippen LogP contribution in [-0.4, -0.2) is 18.4 Å². The first-order chi connectivity index (χ1) is 9.49. The summed E-state index contributed by atoms with van der Waals surface area (Å²) in [4.78, 5) is 4.25. The molecule has 3 nitrogen and oxygen atoms in total. The van der Waals surface area contributed by atoms with Crippen LogP contribution in [0.3, 0.4) is 0 Å². The molecule has 2 aromatic rings. The minimum atomic E-state index is 0.0209. The summed E-state index contributed by atoms with van der Waals surface area (Å²) in [6.07, 6.45) is 1.52. The molecule has 2 aromatic carbocycles. The van der Waals surface area contributed by atoms with Crippen molar-refractivity contribution in [3.8, 4) is 11.5 Å². The van der Waals surface area contributed by atoms with Gasteiger partial charge in [-0.25, -0.2) is 0 Å². The van der Waals surface area contributed by atoms with Crippen molar-refractivity contribution in [3.63, 3.8) is 0 Å². The fourth-order valence-electron chi connectivity index (χ4n) is 1.61. The van der Waals surface area contributed by atoms with E-state index in [0.717, 1.165) is 4.47 Å². The zero-order valence-corrected chi connectivity index (χ0v) is 13.5. The maximum atomic E-state index is 10.0. The van der Waals surface area contributed by atoms with Crippen molar-refractivity contribution in [1.82, 2.24) is 0 Å². The largest absolute Gasteiger partial charge is 0.504 e. The van der Waals surface area contributed by atoms with Gasteiger partial charge in [0.25, 0.3) is 0 Å². The second kappa shape index (κ2) is 6.48. The molecule has 0 fully saturated rings. The molecule has 0 bridgehead atoms. The zero-order valence-electron chi connectivity index (χ0n) is 10.4. The number of hydrogen-bond acceptors (Lipinski definition) is 3. The van der Waals surface area contributed by atoms with E-state index in [1.807, 2.05) is 0 Å². The Morgan fingerprint density at radius 3 is 2.40 bits per heavy atom. The third-order valence-electron chi connectivity index (χ3n) is 2.49. The van der Waals surface area contributed by atoms with Crippen LogP contribution in [0.2, 0.25) is 10.0 Å². The summed E-state index contributed by atoms with van der Waals surface area (Å²) in [6, 6.07) is 8.38. The first kappa shape index (κ1) is 15.2. The van der Waals surface area contributed by atoms with E-state index in [0.29, 0.717) is 27.0 Å². The highest BCUT2D eigenvalue weighted by molar-refractivity contribution is 9.10. The minimum absolute atomic E-state index is 0.0209. The molecule has 0 aliphatic carbocycles. The summed E-state index contributed by atoms with van der Waals surface area (Å²) in [5.74, 6) is 0.387. The SMILES string of the molecule is COc1cc(Br)cc(C=Nc2cc(Cl)cc(Cl)c2)c1O. The molecule has 20 heavy (non-hydrogen) atoms. The molecule has 0 saturated carbocycles. The van der Waals surface area contributed by atoms with Crippen molar-refractivity contribution in [2.45, 2.75) is 0 Å². The number of benzene rings is 2. The lowest BCUT2D eigenvalue weighted by Gasteiger charge is -2.06. The zero-order chi connectivity index (χ0) is 14.7. The van der Waals surface area contributed by atoms with Crippen LogP contribution < -0.4 is 4.74 Å². The van der Waals surface area contributed by atoms with Crippen molar-refractivity contribution in [1.29, 1.82) is 0 Å². The summed E-state index contributed by atoms with van der Waals surface area (Å²) in [5, 5.41) is 11.0. The Morgan fingerprint density at radius 1 is 1.15 bits per heavy atom. The number of aliphatic imine (C=N–C) groups is 1. The van der Waals surface area contributed by atoms with Crippen LogP contribution in [0.25, 0.3) is 0 Å². The lowest BCUT2D eigenvalue weighted by atomic mass is 10.2. The van der Waals surface area contributed by atoms with Crippen molar-refractivity contribution in [2.75, 3.05) is 7.11 Å². The number of halogens is 3. The van der Waals surface area contributed by atoms with E-state index < -0.39 is 0 Å².